The number of carbonyl (C=O) groups excluding carboxylic acids is 4. The molecule has 9 nitrogen and oxygen atoms in total. The first-order chi connectivity index (χ1) is 29.1. The van der Waals surface area contributed by atoms with Crippen molar-refractivity contribution in [1.29, 1.82) is 0 Å². The molecule has 9 heteroatoms. The van der Waals surface area contributed by atoms with Crippen molar-refractivity contribution in [3.63, 3.8) is 0 Å². The van der Waals surface area contributed by atoms with E-state index in [9.17, 15) is 19.2 Å². The van der Waals surface area contributed by atoms with E-state index >= 15 is 0 Å². The Hall–Kier alpha value is -6.48. The van der Waals surface area contributed by atoms with Gasteiger partial charge in [-0.3, -0.25) is 14.9 Å². The van der Waals surface area contributed by atoms with Crippen LogP contribution in [-0.4, -0.2) is 37.0 Å². The lowest BCUT2D eigenvalue weighted by atomic mass is 9.82. The first-order valence-corrected chi connectivity index (χ1v) is 21.2. The van der Waals surface area contributed by atoms with Crippen molar-refractivity contribution in [2.45, 2.75) is 91.9 Å². The number of hydrogen-bond acceptors (Lipinski definition) is 8. The number of rotatable bonds is 12. The number of hydrogen-bond donors (Lipinski definition) is 1. The molecule has 2 amide bonds. The number of benzene rings is 7. The van der Waals surface area contributed by atoms with Crippen molar-refractivity contribution in [3.05, 3.63) is 118 Å². The molecule has 1 aliphatic heterocycles. The second-order valence-electron chi connectivity index (χ2n) is 17.9. The molecule has 7 aromatic rings. The number of unbranched alkanes of at least 4 members (excludes halogenated alkanes) is 2. The molecular weight excluding hydrogens is 767 g/mol. The van der Waals surface area contributed by atoms with E-state index in [1.807, 2.05) is 74.5 Å². The minimum absolute atomic E-state index is 0.0911. The molecule has 0 fully saturated rings. The fraction of sp³-hybridized carbons (Fsp3) is 0.308. The van der Waals surface area contributed by atoms with Crippen molar-refractivity contribution in [3.8, 4) is 23.0 Å². The maximum atomic E-state index is 14.4. The number of nitrogens with one attached hydrogen (secondary N) is 1. The van der Waals surface area contributed by atoms with Gasteiger partial charge in [-0.25, -0.2) is 9.59 Å². The third kappa shape index (κ3) is 7.51. The first-order valence-electron chi connectivity index (χ1n) is 21.2. The summed E-state index contributed by atoms with van der Waals surface area (Å²) in [5.41, 5.74) is 3.00. The van der Waals surface area contributed by atoms with E-state index in [0.717, 1.165) is 24.0 Å². The SMILES string of the molecule is CCCCOC(=O)c1ccc2c3c(Oc4ccc(C(C)(C)C)cc4)cc4c5c(ccc(c6c(Oc7ccc(C(C)(C)C)cc7)cc(C(=O)OCCCC)c1c26)c53)C(=O)NC4=O. The van der Waals surface area contributed by atoms with Gasteiger partial charge >= 0.3 is 11.9 Å². The summed E-state index contributed by atoms with van der Waals surface area (Å²) >= 11 is 0. The molecule has 1 N–H and O–H groups in total. The van der Waals surface area contributed by atoms with Gasteiger partial charge in [0.05, 0.1) is 29.9 Å². The smallest absolute Gasteiger partial charge is 0.338 e. The maximum absolute atomic E-state index is 14.4. The molecule has 8 rings (SSSR count). The van der Waals surface area contributed by atoms with Crippen LogP contribution in [0.25, 0.3) is 43.1 Å². The van der Waals surface area contributed by atoms with Crippen molar-refractivity contribution in [1.82, 2.24) is 5.32 Å². The van der Waals surface area contributed by atoms with Crippen LogP contribution in [-0.2, 0) is 20.3 Å². The summed E-state index contributed by atoms with van der Waals surface area (Å²) < 4.78 is 25.3. The van der Waals surface area contributed by atoms with Crippen molar-refractivity contribution >= 4 is 66.8 Å². The summed E-state index contributed by atoms with van der Waals surface area (Å²) in [4.78, 5) is 55.8. The average Bonchev–Trinajstić information content (AvgIpc) is 3.22. The van der Waals surface area contributed by atoms with E-state index in [2.05, 4.69) is 46.9 Å². The standard InChI is InChI=1S/C52H51NO8/c1-9-11-25-58-49(56)36-24-22-34-43-39(60-31-17-13-29(14-18-31)51(3,4)5)27-37-41-35(47(54)53-48(37)55)23-21-33(45(41)43)44-40(61-32-19-15-30(16-20-32)52(6,7)8)28-38(42(36)46(34)44)50(57)59-26-12-10-2/h13-24,27-28H,9-12,25-26H2,1-8H3,(H,53,54,55). The van der Waals surface area contributed by atoms with Crippen molar-refractivity contribution < 1.29 is 38.1 Å². The number of carbonyl (C=O) groups is 4. The zero-order valence-corrected chi connectivity index (χ0v) is 36.1. The molecule has 0 radical (unpaired) electrons. The largest absolute Gasteiger partial charge is 0.462 e. The molecule has 0 aromatic heterocycles. The lowest BCUT2D eigenvalue weighted by Gasteiger charge is -2.25. The second-order valence-corrected chi connectivity index (χ2v) is 17.9. The molecule has 1 heterocycles. The molecule has 0 bridgehead atoms. The maximum Gasteiger partial charge on any atom is 0.338 e. The molecule has 0 unspecified atom stereocenters. The normalized spacial score (nSPS) is 13.0. The van der Waals surface area contributed by atoms with Crippen LogP contribution in [0.3, 0.4) is 0 Å². The van der Waals surface area contributed by atoms with Crippen molar-refractivity contribution in [2.24, 2.45) is 0 Å². The summed E-state index contributed by atoms with van der Waals surface area (Å²) in [6.07, 6.45) is 2.98. The van der Waals surface area contributed by atoms with Gasteiger partial charge in [0.1, 0.15) is 23.0 Å². The molecule has 0 spiro atoms. The van der Waals surface area contributed by atoms with Crippen LogP contribution in [0, 0.1) is 0 Å². The van der Waals surface area contributed by atoms with E-state index in [4.69, 9.17) is 18.9 Å². The van der Waals surface area contributed by atoms with E-state index in [1.165, 1.54) is 0 Å². The molecule has 312 valence electrons. The molecule has 0 atom stereocenters. The van der Waals surface area contributed by atoms with Gasteiger partial charge in [0.25, 0.3) is 11.8 Å². The third-order valence-electron chi connectivity index (χ3n) is 11.5. The summed E-state index contributed by atoms with van der Waals surface area (Å²) in [5, 5.41) is 6.90. The Kier molecular flexibility index (Phi) is 10.7. The lowest BCUT2D eigenvalue weighted by Crippen LogP contribution is -2.34. The second kappa shape index (κ2) is 15.8. The molecule has 7 aromatic carbocycles. The van der Waals surface area contributed by atoms with Gasteiger partial charge in [-0.15, -0.1) is 0 Å². The van der Waals surface area contributed by atoms with E-state index < -0.39 is 23.8 Å². The zero-order valence-electron chi connectivity index (χ0n) is 36.1. The van der Waals surface area contributed by atoms with E-state index in [0.29, 0.717) is 84.5 Å². The Balaban J connectivity index is 1.51. The van der Waals surface area contributed by atoms with Gasteiger partial charge in [-0.1, -0.05) is 105 Å². The zero-order chi connectivity index (χ0) is 43.4. The minimum Gasteiger partial charge on any atom is -0.462 e. The predicted molar refractivity (Wildman–Crippen MR) is 240 cm³/mol. The van der Waals surface area contributed by atoms with Crippen LogP contribution in [0.5, 0.6) is 23.0 Å². The minimum atomic E-state index is -0.610. The Morgan fingerprint density at radius 1 is 0.508 bits per heavy atom. The highest BCUT2D eigenvalue weighted by molar-refractivity contribution is 6.41. The topological polar surface area (TPSA) is 117 Å². The third-order valence-corrected chi connectivity index (χ3v) is 11.5. The Labute approximate surface area is 355 Å². The number of esters is 2. The molecule has 0 saturated carbocycles. The van der Waals surface area contributed by atoms with Crippen LogP contribution >= 0.6 is 0 Å². The number of ether oxygens (including phenoxy) is 4. The summed E-state index contributed by atoms with van der Waals surface area (Å²) in [5.74, 6) is -0.495. The quantitative estimate of drug-likeness (QED) is 0.0426. The monoisotopic (exact) mass is 817 g/mol. The van der Waals surface area contributed by atoms with Crippen LogP contribution in [0.1, 0.15) is 134 Å². The highest BCUT2D eigenvalue weighted by Crippen LogP contribution is 2.52. The van der Waals surface area contributed by atoms with Crippen LogP contribution < -0.4 is 14.8 Å². The van der Waals surface area contributed by atoms with Gasteiger partial charge in [-0.05, 0) is 94.1 Å². The highest BCUT2D eigenvalue weighted by Gasteiger charge is 2.33. The Morgan fingerprint density at radius 2 is 0.967 bits per heavy atom. The average molecular weight is 818 g/mol. The Bertz CT molecular complexity index is 2880. The van der Waals surface area contributed by atoms with Crippen LogP contribution in [0.15, 0.2) is 84.9 Å². The van der Waals surface area contributed by atoms with Crippen LogP contribution in [0.2, 0.25) is 0 Å². The molecule has 0 aliphatic carbocycles. The van der Waals surface area contributed by atoms with Gasteiger partial charge < -0.3 is 18.9 Å². The fourth-order valence-corrected chi connectivity index (χ4v) is 8.20. The van der Waals surface area contributed by atoms with Gasteiger partial charge in [-0.2, -0.15) is 0 Å². The molecule has 1 aliphatic rings. The Morgan fingerprint density at radius 3 is 1.48 bits per heavy atom. The molecule has 61 heavy (non-hydrogen) atoms. The van der Waals surface area contributed by atoms with E-state index in [1.54, 1.807) is 24.3 Å². The van der Waals surface area contributed by atoms with Gasteiger partial charge in [0.15, 0.2) is 0 Å². The molecular formula is C52H51NO8. The molecule has 0 saturated heterocycles. The van der Waals surface area contributed by atoms with Gasteiger partial charge in [0.2, 0.25) is 0 Å². The number of fused-ring (bicyclic) bond motifs is 2. The number of amides is 2. The summed E-state index contributed by atoms with van der Waals surface area (Å²) in [6, 6.07) is 26.0. The van der Waals surface area contributed by atoms with Crippen LogP contribution in [0.4, 0.5) is 0 Å². The lowest BCUT2D eigenvalue weighted by molar-refractivity contribution is 0.0500. The predicted octanol–water partition coefficient (Wildman–Crippen LogP) is 12.7. The first kappa shape index (κ1) is 41.3. The summed E-state index contributed by atoms with van der Waals surface area (Å²) in [6.45, 7) is 17.3. The highest BCUT2D eigenvalue weighted by atomic mass is 16.5. The van der Waals surface area contributed by atoms with Crippen molar-refractivity contribution in [2.75, 3.05) is 13.2 Å². The van der Waals surface area contributed by atoms with Gasteiger partial charge in [0, 0.05) is 37.9 Å². The van der Waals surface area contributed by atoms with E-state index in [-0.39, 0.29) is 40.7 Å². The number of imide groups is 1. The summed E-state index contributed by atoms with van der Waals surface area (Å²) in [7, 11) is 0. The fourth-order valence-electron chi connectivity index (χ4n) is 8.20.